The Balaban J connectivity index is 0.000000720. The van der Waals surface area contributed by atoms with Crippen LogP contribution in [0.15, 0.2) is 24.3 Å². The van der Waals surface area contributed by atoms with Crippen LogP contribution in [-0.4, -0.2) is 6.54 Å². The van der Waals surface area contributed by atoms with Crippen molar-refractivity contribution in [2.75, 3.05) is 6.54 Å². The summed E-state index contributed by atoms with van der Waals surface area (Å²) in [6.45, 7) is 1.04. The third-order valence-corrected chi connectivity index (χ3v) is 2.08. The van der Waals surface area contributed by atoms with E-state index >= 15 is 0 Å². The van der Waals surface area contributed by atoms with Gasteiger partial charge in [-0.25, -0.2) is 0 Å². The van der Waals surface area contributed by atoms with E-state index in [9.17, 15) is 0 Å². The summed E-state index contributed by atoms with van der Waals surface area (Å²) in [7, 11) is 0. The first kappa shape index (κ1) is 10.4. The van der Waals surface area contributed by atoms with Crippen molar-refractivity contribution >= 4 is 0 Å². The van der Waals surface area contributed by atoms with Crippen LogP contribution in [0.25, 0.3) is 5.32 Å². The molecule has 1 nitrogen and oxygen atoms in total. The van der Waals surface area contributed by atoms with E-state index in [0.717, 1.165) is 6.54 Å². The molecule has 2 rings (SSSR count). The maximum atomic E-state index is 4.47. The van der Waals surface area contributed by atoms with Gasteiger partial charge in [0.15, 0.2) is 0 Å². The normalized spacial score (nSPS) is 21.8. The van der Waals surface area contributed by atoms with Gasteiger partial charge in [0, 0.05) is 32.7 Å². The van der Waals surface area contributed by atoms with Crippen LogP contribution in [0.1, 0.15) is 24.4 Å². The average molecular weight is 234 g/mol. The van der Waals surface area contributed by atoms with Gasteiger partial charge in [-0.3, -0.25) is 0 Å². The minimum absolute atomic E-state index is 0. The predicted molar refractivity (Wildman–Crippen MR) is 45.5 cm³/mol. The van der Waals surface area contributed by atoms with Gasteiger partial charge in [0.25, 0.3) is 0 Å². The number of rotatable bonds is 1. The van der Waals surface area contributed by atoms with E-state index in [4.69, 9.17) is 0 Å². The third kappa shape index (κ3) is 2.38. The first-order valence-corrected chi connectivity index (χ1v) is 4.10. The van der Waals surface area contributed by atoms with Crippen LogP contribution in [-0.2, 0) is 32.7 Å². The molecule has 1 radical (unpaired) electrons. The molecule has 1 aliphatic heterocycles. The molecule has 2 heteroatoms. The van der Waals surface area contributed by atoms with Crippen LogP contribution in [0.3, 0.4) is 0 Å². The monoisotopic (exact) mass is 234 g/mol. The fourth-order valence-corrected chi connectivity index (χ4v) is 1.49. The molecule has 0 bridgehead atoms. The molecule has 1 heterocycles. The van der Waals surface area contributed by atoms with E-state index in [0.29, 0.717) is 6.04 Å². The van der Waals surface area contributed by atoms with E-state index in [1.807, 2.05) is 12.1 Å². The van der Waals surface area contributed by atoms with Gasteiger partial charge in [0.05, 0.1) is 0 Å². The minimum Gasteiger partial charge on any atom is -0.657 e. The van der Waals surface area contributed by atoms with Crippen LogP contribution >= 0.6 is 0 Å². The second-order valence-corrected chi connectivity index (χ2v) is 2.88. The number of hydrogen-bond donors (Lipinski definition) is 0. The number of benzene rings is 1. The fraction of sp³-hybridized carbons (Fsp3) is 0.400. The Kier molecular flexibility index (Phi) is 4.41. The van der Waals surface area contributed by atoms with Crippen molar-refractivity contribution in [1.29, 1.82) is 0 Å². The molecule has 12 heavy (non-hydrogen) atoms. The Bertz CT molecular complexity index is 217. The van der Waals surface area contributed by atoms with Gasteiger partial charge in [0.2, 0.25) is 0 Å². The summed E-state index contributed by atoms with van der Waals surface area (Å²) in [6, 6.07) is 11.8. The van der Waals surface area contributed by atoms with Crippen LogP contribution < -0.4 is 0 Å². The largest absolute Gasteiger partial charge is 0.657 e. The second-order valence-electron chi connectivity index (χ2n) is 2.88. The summed E-state index contributed by atoms with van der Waals surface area (Å²) in [6.07, 6.45) is 2.45. The summed E-state index contributed by atoms with van der Waals surface area (Å²) in [5.74, 6) is 0. The van der Waals surface area contributed by atoms with E-state index in [-0.39, 0.29) is 32.7 Å². The minimum atomic E-state index is 0. The molecule has 0 aromatic heterocycles. The standard InChI is InChI=1S/C10H11N.Y/c1-2-5-9(6-3-1)10-7-4-8-11-10;/h1-3,5,10H,4,7-8H2;/q-2;. The molecule has 61 valence electrons. The molecule has 0 spiro atoms. The molecule has 1 atom stereocenters. The van der Waals surface area contributed by atoms with Crippen molar-refractivity contribution in [3.63, 3.8) is 0 Å². The maximum Gasteiger partial charge on any atom is 0 e. The average Bonchev–Trinajstić information content (AvgIpc) is 2.58. The molecule has 0 N–H and O–H groups in total. The van der Waals surface area contributed by atoms with E-state index < -0.39 is 0 Å². The van der Waals surface area contributed by atoms with Crippen molar-refractivity contribution in [2.45, 2.75) is 18.9 Å². The van der Waals surface area contributed by atoms with Gasteiger partial charge < -0.3 is 5.32 Å². The van der Waals surface area contributed by atoms with Gasteiger partial charge in [0.1, 0.15) is 0 Å². The summed E-state index contributed by atoms with van der Waals surface area (Å²) in [4.78, 5) is 0. The summed E-state index contributed by atoms with van der Waals surface area (Å²) in [5.41, 5.74) is 1.25. The van der Waals surface area contributed by atoms with E-state index in [1.54, 1.807) is 0 Å². The van der Waals surface area contributed by atoms with E-state index in [2.05, 4.69) is 23.5 Å². The van der Waals surface area contributed by atoms with Gasteiger partial charge in [-0.05, 0) is 0 Å². The number of nitrogens with zero attached hydrogens (tertiary/aromatic N) is 1. The van der Waals surface area contributed by atoms with Crippen LogP contribution in [0.2, 0.25) is 0 Å². The molecule has 1 aliphatic rings. The Labute approximate surface area is 98.8 Å². The molecule has 1 unspecified atom stereocenters. The van der Waals surface area contributed by atoms with Gasteiger partial charge in [-0.2, -0.15) is 35.9 Å². The smallest absolute Gasteiger partial charge is 0 e. The molecule has 0 aliphatic carbocycles. The molecular weight excluding hydrogens is 223 g/mol. The quantitative estimate of drug-likeness (QED) is 0.663. The Hall–Kier alpha value is 0.284. The van der Waals surface area contributed by atoms with Crippen molar-refractivity contribution < 1.29 is 32.7 Å². The molecular formula is C10H11NY-2. The zero-order valence-corrected chi connectivity index (χ0v) is 9.87. The van der Waals surface area contributed by atoms with Crippen LogP contribution in [0.5, 0.6) is 0 Å². The number of hydrogen-bond acceptors (Lipinski definition) is 0. The van der Waals surface area contributed by atoms with Crippen molar-refractivity contribution in [3.05, 3.63) is 41.2 Å². The van der Waals surface area contributed by atoms with Crippen LogP contribution in [0.4, 0.5) is 0 Å². The maximum absolute atomic E-state index is 4.47. The molecule has 1 saturated heterocycles. The summed E-state index contributed by atoms with van der Waals surface area (Å²) in [5, 5.41) is 4.47. The topological polar surface area (TPSA) is 14.1 Å². The molecule has 0 saturated carbocycles. The Morgan fingerprint density at radius 2 is 2.33 bits per heavy atom. The predicted octanol–water partition coefficient (Wildman–Crippen LogP) is 2.69. The van der Waals surface area contributed by atoms with Gasteiger partial charge in [-0.15, -0.1) is 12.6 Å². The molecule has 1 fully saturated rings. The zero-order chi connectivity index (χ0) is 7.52. The third-order valence-electron chi connectivity index (χ3n) is 2.08. The summed E-state index contributed by atoms with van der Waals surface area (Å²) >= 11 is 0. The SMILES string of the molecule is [Y].[c-]1ccccc1C1CCC[N-]1. The van der Waals surface area contributed by atoms with Gasteiger partial charge >= 0.3 is 0 Å². The van der Waals surface area contributed by atoms with E-state index in [1.165, 1.54) is 18.4 Å². The first-order chi connectivity index (χ1) is 5.47. The second kappa shape index (κ2) is 5.11. The van der Waals surface area contributed by atoms with Crippen molar-refractivity contribution in [1.82, 2.24) is 0 Å². The fourth-order valence-electron chi connectivity index (χ4n) is 1.49. The van der Waals surface area contributed by atoms with Crippen molar-refractivity contribution in [2.24, 2.45) is 0 Å². The Morgan fingerprint density at radius 3 is 2.92 bits per heavy atom. The Morgan fingerprint density at radius 1 is 1.42 bits per heavy atom. The molecule has 1 aromatic carbocycles. The molecule has 1 aromatic rings. The van der Waals surface area contributed by atoms with Crippen LogP contribution in [0, 0.1) is 6.07 Å². The zero-order valence-electron chi connectivity index (χ0n) is 7.03. The van der Waals surface area contributed by atoms with Crippen molar-refractivity contribution in [3.8, 4) is 0 Å². The summed E-state index contributed by atoms with van der Waals surface area (Å²) < 4.78 is 0. The van der Waals surface area contributed by atoms with Gasteiger partial charge in [-0.1, -0.05) is 12.8 Å². The molecule has 0 amide bonds. The first-order valence-electron chi connectivity index (χ1n) is 4.10.